The van der Waals surface area contributed by atoms with Crippen LogP contribution in [0.5, 0.6) is 11.5 Å². The number of hydrogen-bond donors (Lipinski definition) is 0. The standard InChI is InChI=1S/C50H60O20/c1-28(19-20-38-21-22-39(60-24-36-15-11-9-12-16-36)23-40(38)61-25-37-17-13-10-14-18-37)62-49-47(66-34(7)56)46(65-33(6)55)44(42(68-49)27-59-30(3)52)70-50-48(67-35(8)57)45(64-32(5)54)43(63-31(4)53)41(69-50)26-58-29(2)51/h9-18,21-23,28,41-50H,19-20,24-27H2,1-8H3/t28?,41-,42-,43-,44-,45+,46+,47-,48-,49-,50+/m1/s1. The number of carbonyl (C=O) groups is 7. The van der Waals surface area contributed by atoms with E-state index in [9.17, 15) is 33.6 Å². The Morgan fingerprint density at radius 2 is 0.943 bits per heavy atom. The average Bonchev–Trinajstić information content (AvgIpc) is 3.29. The van der Waals surface area contributed by atoms with Crippen molar-refractivity contribution in [2.75, 3.05) is 13.2 Å². The van der Waals surface area contributed by atoms with Crippen molar-refractivity contribution in [2.45, 2.75) is 149 Å². The van der Waals surface area contributed by atoms with Crippen LogP contribution in [0.15, 0.2) is 78.9 Å². The fourth-order valence-corrected chi connectivity index (χ4v) is 7.68. The van der Waals surface area contributed by atoms with Crippen LogP contribution in [0.3, 0.4) is 0 Å². The molecule has 0 radical (unpaired) electrons. The molecule has 0 saturated carbocycles. The third-order valence-corrected chi connectivity index (χ3v) is 10.6. The van der Waals surface area contributed by atoms with Crippen LogP contribution in [0.1, 0.15) is 78.5 Å². The lowest BCUT2D eigenvalue weighted by Gasteiger charge is -2.49. The zero-order chi connectivity index (χ0) is 50.9. The van der Waals surface area contributed by atoms with Gasteiger partial charge in [-0.2, -0.15) is 0 Å². The summed E-state index contributed by atoms with van der Waals surface area (Å²) >= 11 is 0. The molecular weight excluding hydrogens is 921 g/mol. The van der Waals surface area contributed by atoms with Gasteiger partial charge in [-0.3, -0.25) is 33.6 Å². The molecule has 0 N–H and O–H groups in total. The van der Waals surface area contributed by atoms with Crippen LogP contribution >= 0.6 is 0 Å². The molecule has 380 valence electrons. The Labute approximate surface area is 405 Å². The summed E-state index contributed by atoms with van der Waals surface area (Å²) in [5.74, 6) is -4.73. The minimum atomic E-state index is -1.82. The van der Waals surface area contributed by atoms with Gasteiger partial charge in [0.2, 0.25) is 0 Å². The zero-order valence-corrected chi connectivity index (χ0v) is 40.3. The van der Waals surface area contributed by atoms with Crippen LogP contribution < -0.4 is 9.47 Å². The van der Waals surface area contributed by atoms with Crippen molar-refractivity contribution >= 4 is 41.8 Å². The lowest BCUT2D eigenvalue weighted by atomic mass is 9.96. The van der Waals surface area contributed by atoms with Crippen LogP contribution in [0.4, 0.5) is 0 Å². The Morgan fingerprint density at radius 3 is 1.46 bits per heavy atom. The molecule has 3 aromatic carbocycles. The lowest BCUT2D eigenvalue weighted by Crippen LogP contribution is -2.67. The van der Waals surface area contributed by atoms with Gasteiger partial charge in [0.25, 0.3) is 0 Å². The second-order valence-electron chi connectivity index (χ2n) is 16.5. The second kappa shape index (κ2) is 26.4. The maximum Gasteiger partial charge on any atom is 0.303 e. The molecule has 2 saturated heterocycles. The number of carbonyl (C=O) groups excluding carboxylic acids is 7. The monoisotopic (exact) mass is 980 g/mol. The molecule has 20 heteroatoms. The van der Waals surface area contributed by atoms with Crippen molar-refractivity contribution in [1.29, 1.82) is 0 Å². The van der Waals surface area contributed by atoms with Gasteiger partial charge in [-0.1, -0.05) is 66.7 Å². The Balaban J connectivity index is 1.45. The van der Waals surface area contributed by atoms with E-state index < -0.39 is 123 Å². The molecule has 11 atom stereocenters. The molecule has 0 amide bonds. The van der Waals surface area contributed by atoms with Gasteiger partial charge in [-0.15, -0.1) is 0 Å². The van der Waals surface area contributed by atoms with Gasteiger partial charge >= 0.3 is 41.8 Å². The summed E-state index contributed by atoms with van der Waals surface area (Å²) in [6, 6.07) is 24.9. The predicted octanol–water partition coefficient (Wildman–Crippen LogP) is 4.80. The summed E-state index contributed by atoms with van der Waals surface area (Å²) in [5.41, 5.74) is 2.77. The average molecular weight is 981 g/mol. The van der Waals surface area contributed by atoms with Crippen LogP contribution in [-0.4, -0.2) is 123 Å². The summed E-state index contributed by atoms with van der Waals surface area (Å²) in [6.07, 6.45) is -15.8. The number of esters is 7. The largest absolute Gasteiger partial charge is 0.489 e. The van der Waals surface area contributed by atoms with Crippen LogP contribution in [0.2, 0.25) is 0 Å². The first kappa shape index (κ1) is 54.3. The summed E-state index contributed by atoms with van der Waals surface area (Å²) in [7, 11) is 0. The van der Waals surface area contributed by atoms with E-state index >= 15 is 0 Å². The zero-order valence-electron chi connectivity index (χ0n) is 40.3. The van der Waals surface area contributed by atoms with E-state index in [2.05, 4.69) is 0 Å². The number of aryl methyl sites for hydroxylation is 1. The summed E-state index contributed by atoms with van der Waals surface area (Å²) < 4.78 is 76.6. The van der Waals surface area contributed by atoms with Gasteiger partial charge in [-0.05, 0) is 42.5 Å². The Hall–Kier alpha value is -6.61. The first-order valence-corrected chi connectivity index (χ1v) is 22.6. The van der Waals surface area contributed by atoms with E-state index in [0.29, 0.717) is 30.9 Å². The van der Waals surface area contributed by atoms with Crippen LogP contribution in [0.25, 0.3) is 0 Å². The van der Waals surface area contributed by atoms with E-state index in [1.807, 2.05) is 78.9 Å². The first-order valence-electron chi connectivity index (χ1n) is 22.6. The molecule has 2 fully saturated rings. The molecule has 0 spiro atoms. The van der Waals surface area contributed by atoms with Gasteiger partial charge < -0.3 is 61.6 Å². The maximum atomic E-state index is 12.9. The molecule has 2 heterocycles. The number of rotatable bonds is 22. The van der Waals surface area contributed by atoms with E-state index in [1.165, 1.54) is 0 Å². The highest BCUT2D eigenvalue weighted by molar-refractivity contribution is 5.69. The van der Waals surface area contributed by atoms with Crippen molar-refractivity contribution in [3.8, 4) is 11.5 Å². The minimum absolute atomic E-state index is 0.282. The summed E-state index contributed by atoms with van der Waals surface area (Å²) in [4.78, 5) is 87.5. The van der Waals surface area contributed by atoms with Crippen molar-refractivity contribution in [3.05, 3.63) is 95.6 Å². The quantitative estimate of drug-likeness (QED) is 0.0970. The van der Waals surface area contributed by atoms with Crippen molar-refractivity contribution in [2.24, 2.45) is 0 Å². The molecule has 2 aliphatic rings. The fraction of sp³-hybridized carbons (Fsp3) is 0.500. The smallest absolute Gasteiger partial charge is 0.303 e. The van der Waals surface area contributed by atoms with Gasteiger partial charge in [-0.25, -0.2) is 0 Å². The Morgan fingerprint density at radius 1 is 0.500 bits per heavy atom. The highest BCUT2D eigenvalue weighted by Crippen LogP contribution is 2.36. The van der Waals surface area contributed by atoms with Gasteiger partial charge in [0, 0.05) is 54.5 Å². The highest BCUT2D eigenvalue weighted by atomic mass is 16.8. The third kappa shape index (κ3) is 16.8. The molecule has 0 aromatic heterocycles. The van der Waals surface area contributed by atoms with Gasteiger partial charge in [0.05, 0.1) is 6.10 Å². The van der Waals surface area contributed by atoms with Crippen molar-refractivity contribution in [3.63, 3.8) is 0 Å². The highest BCUT2D eigenvalue weighted by Gasteiger charge is 2.58. The summed E-state index contributed by atoms with van der Waals surface area (Å²) in [6.45, 7) is 8.81. The van der Waals surface area contributed by atoms with Crippen molar-refractivity contribution < 1.29 is 95.1 Å². The maximum absolute atomic E-state index is 12.9. The molecule has 1 unspecified atom stereocenters. The number of ether oxygens (including phenoxy) is 13. The normalized spacial score (nSPS) is 24.4. The molecule has 70 heavy (non-hydrogen) atoms. The minimum Gasteiger partial charge on any atom is -0.489 e. The van der Waals surface area contributed by atoms with Gasteiger partial charge in [0.1, 0.15) is 56.2 Å². The van der Waals surface area contributed by atoms with Crippen LogP contribution in [0, 0.1) is 0 Å². The fourth-order valence-electron chi connectivity index (χ4n) is 7.68. The molecule has 20 nitrogen and oxygen atoms in total. The molecule has 0 bridgehead atoms. The lowest BCUT2D eigenvalue weighted by molar-refractivity contribution is -0.364. The third-order valence-electron chi connectivity index (χ3n) is 10.6. The molecular formula is C50H60O20. The second-order valence-corrected chi connectivity index (χ2v) is 16.5. The Kier molecular flexibility index (Phi) is 20.5. The van der Waals surface area contributed by atoms with E-state index in [1.54, 1.807) is 6.92 Å². The predicted molar refractivity (Wildman–Crippen MR) is 240 cm³/mol. The van der Waals surface area contributed by atoms with E-state index in [0.717, 1.165) is 65.2 Å². The molecule has 2 aliphatic heterocycles. The molecule has 0 aliphatic carbocycles. The van der Waals surface area contributed by atoms with Crippen molar-refractivity contribution in [1.82, 2.24) is 0 Å². The van der Waals surface area contributed by atoms with E-state index in [4.69, 9.17) is 61.6 Å². The molecule has 3 aromatic rings. The summed E-state index contributed by atoms with van der Waals surface area (Å²) in [5, 5.41) is 0. The topological polar surface area (TPSA) is 239 Å². The Bertz CT molecular complexity index is 2230. The molecule has 5 rings (SSSR count). The van der Waals surface area contributed by atoms with E-state index in [-0.39, 0.29) is 6.61 Å². The number of benzene rings is 3. The van der Waals surface area contributed by atoms with Gasteiger partial charge in [0.15, 0.2) is 43.1 Å². The SMILES string of the molecule is CC(=O)OC[C@H]1O[C@@H](O[C@H]2[C@H](OC(C)=O)[C@@H](OC(C)=O)[C@H](OC(C)CCc3ccc(OCc4ccccc4)cc3OCc3ccccc3)O[C@@H]2COC(C)=O)[C@H](OC(C)=O)[C@@H](OC(C)=O)[C@@H]1OC(C)=O. The first-order chi connectivity index (χ1) is 33.4. The van der Waals surface area contributed by atoms with Crippen LogP contribution in [-0.2, 0) is 105 Å². The number of hydrogen-bond acceptors (Lipinski definition) is 20.